The monoisotopic (exact) mass is 245 g/mol. The van der Waals surface area contributed by atoms with Crippen LogP contribution in [0.1, 0.15) is 37.0 Å². The number of carbonyl (C=O) groups is 1. The van der Waals surface area contributed by atoms with Gasteiger partial charge in [0.25, 0.3) is 0 Å². The van der Waals surface area contributed by atoms with Crippen molar-refractivity contribution in [1.29, 1.82) is 0 Å². The maximum absolute atomic E-state index is 13.4. The van der Waals surface area contributed by atoms with Crippen LogP contribution in [0.3, 0.4) is 0 Å². The summed E-state index contributed by atoms with van der Waals surface area (Å²) in [4.78, 5) is 12.0. The molecule has 0 spiro atoms. The lowest BCUT2D eigenvalue weighted by molar-refractivity contribution is 0.0874. The molecule has 2 N–H and O–H groups in total. The zero-order chi connectivity index (χ0) is 13.2. The number of halogens is 3. The molecule has 0 unspecified atom stereocenters. The summed E-state index contributed by atoms with van der Waals surface area (Å²) < 4.78 is 39.2. The smallest absolute Gasteiger partial charge is 0.195 e. The van der Waals surface area contributed by atoms with E-state index in [1.165, 1.54) is 0 Å². The quantitative estimate of drug-likeness (QED) is 0.654. The first-order valence-electron chi connectivity index (χ1n) is 5.34. The molecule has 0 saturated heterocycles. The van der Waals surface area contributed by atoms with Crippen molar-refractivity contribution in [2.45, 2.75) is 32.2 Å². The number of hydrogen-bond acceptors (Lipinski definition) is 2. The van der Waals surface area contributed by atoms with Gasteiger partial charge in [0.15, 0.2) is 23.2 Å². The Labute approximate surface area is 97.6 Å². The molecule has 17 heavy (non-hydrogen) atoms. The van der Waals surface area contributed by atoms with Crippen LogP contribution in [0.5, 0.6) is 0 Å². The molecule has 1 rings (SSSR count). The number of carbonyl (C=O) groups excluding carboxylic acids is 1. The number of Topliss-reactive ketones (excluding diaryl/α,β-unsaturated/α-hetero) is 1. The summed E-state index contributed by atoms with van der Waals surface area (Å²) in [6, 6.07) is 1.64. The first kappa shape index (κ1) is 13.7. The van der Waals surface area contributed by atoms with Gasteiger partial charge in [-0.15, -0.1) is 0 Å². The molecule has 0 heterocycles. The van der Waals surface area contributed by atoms with Crippen molar-refractivity contribution >= 4 is 5.78 Å². The van der Waals surface area contributed by atoms with Gasteiger partial charge in [0.05, 0.1) is 11.1 Å². The van der Waals surface area contributed by atoms with Gasteiger partial charge in [-0.2, -0.15) is 0 Å². The molecule has 0 aliphatic heterocycles. The molecular weight excluding hydrogens is 231 g/mol. The SMILES string of the molecule is CCC(N)(CC)C(=O)c1ccc(F)c(F)c1F. The fourth-order valence-corrected chi connectivity index (χ4v) is 1.54. The molecule has 0 fully saturated rings. The van der Waals surface area contributed by atoms with E-state index in [-0.39, 0.29) is 0 Å². The molecule has 1 aromatic rings. The lowest BCUT2D eigenvalue weighted by Crippen LogP contribution is -2.47. The summed E-state index contributed by atoms with van der Waals surface area (Å²) in [7, 11) is 0. The third-order valence-electron chi connectivity index (χ3n) is 2.99. The van der Waals surface area contributed by atoms with Crippen molar-refractivity contribution < 1.29 is 18.0 Å². The number of hydrogen-bond donors (Lipinski definition) is 1. The molecule has 0 aliphatic rings. The van der Waals surface area contributed by atoms with Crippen molar-refractivity contribution in [3.8, 4) is 0 Å². The van der Waals surface area contributed by atoms with Crippen LogP contribution in [-0.4, -0.2) is 11.3 Å². The van der Waals surface area contributed by atoms with E-state index in [0.29, 0.717) is 12.8 Å². The highest BCUT2D eigenvalue weighted by Crippen LogP contribution is 2.23. The van der Waals surface area contributed by atoms with E-state index in [2.05, 4.69) is 0 Å². The lowest BCUT2D eigenvalue weighted by atomic mass is 9.85. The number of benzene rings is 1. The molecule has 0 amide bonds. The largest absolute Gasteiger partial charge is 0.319 e. The predicted molar refractivity (Wildman–Crippen MR) is 58.1 cm³/mol. The third kappa shape index (κ3) is 2.34. The van der Waals surface area contributed by atoms with Crippen LogP contribution in [-0.2, 0) is 0 Å². The average molecular weight is 245 g/mol. The van der Waals surface area contributed by atoms with E-state index in [0.717, 1.165) is 12.1 Å². The highest BCUT2D eigenvalue weighted by atomic mass is 19.2. The predicted octanol–water partition coefficient (Wildman–Crippen LogP) is 2.80. The van der Waals surface area contributed by atoms with Crippen LogP contribution in [0.4, 0.5) is 13.2 Å². The average Bonchev–Trinajstić information content (AvgIpc) is 2.34. The van der Waals surface area contributed by atoms with Gasteiger partial charge < -0.3 is 5.73 Å². The molecule has 0 atom stereocenters. The normalized spacial score (nSPS) is 11.6. The van der Waals surface area contributed by atoms with Gasteiger partial charge in [-0.3, -0.25) is 4.79 Å². The van der Waals surface area contributed by atoms with E-state index in [9.17, 15) is 18.0 Å². The third-order valence-corrected chi connectivity index (χ3v) is 2.99. The van der Waals surface area contributed by atoms with Gasteiger partial charge >= 0.3 is 0 Å². The Morgan fingerprint density at radius 2 is 1.71 bits per heavy atom. The van der Waals surface area contributed by atoms with Gasteiger partial charge in [-0.25, -0.2) is 13.2 Å². The Bertz CT molecular complexity index is 442. The summed E-state index contributed by atoms with van der Waals surface area (Å²) in [6.07, 6.45) is 0.585. The molecule has 5 heteroatoms. The van der Waals surface area contributed by atoms with Crippen molar-refractivity contribution in [1.82, 2.24) is 0 Å². The minimum absolute atomic E-state index is 0.292. The summed E-state index contributed by atoms with van der Waals surface area (Å²) in [5.41, 5.74) is 4.05. The molecule has 0 radical (unpaired) electrons. The maximum Gasteiger partial charge on any atom is 0.195 e. The first-order valence-corrected chi connectivity index (χ1v) is 5.34. The molecular formula is C12H14F3NO. The van der Waals surface area contributed by atoms with Gasteiger partial charge in [0, 0.05) is 0 Å². The second-order valence-corrected chi connectivity index (χ2v) is 3.92. The first-order chi connectivity index (χ1) is 7.87. The topological polar surface area (TPSA) is 43.1 Å². The van der Waals surface area contributed by atoms with Crippen LogP contribution in [0.2, 0.25) is 0 Å². The van der Waals surface area contributed by atoms with E-state index in [1.54, 1.807) is 13.8 Å². The summed E-state index contributed by atoms with van der Waals surface area (Å²) >= 11 is 0. The number of nitrogens with two attached hydrogens (primary N) is 1. The van der Waals surface area contributed by atoms with Crippen molar-refractivity contribution in [3.05, 3.63) is 35.1 Å². The molecule has 0 aliphatic carbocycles. The highest BCUT2D eigenvalue weighted by molar-refractivity contribution is 6.03. The standard InChI is InChI=1S/C12H14F3NO/c1-3-12(16,4-2)11(17)7-5-6-8(13)10(15)9(7)14/h5-6H,3-4,16H2,1-2H3. The number of rotatable bonds is 4. The Kier molecular flexibility index (Phi) is 3.93. The van der Waals surface area contributed by atoms with E-state index in [1.807, 2.05) is 0 Å². The lowest BCUT2D eigenvalue weighted by Gasteiger charge is -2.25. The van der Waals surface area contributed by atoms with Crippen molar-refractivity contribution in [3.63, 3.8) is 0 Å². The van der Waals surface area contributed by atoms with Crippen molar-refractivity contribution in [2.24, 2.45) is 5.73 Å². The van der Waals surface area contributed by atoms with Crippen molar-refractivity contribution in [2.75, 3.05) is 0 Å². The summed E-state index contributed by atoms with van der Waals surface area (Å²) in [5, 5.41) is 0. The van der Waals surface area contributed by atoms with Gasteiger partial charge in [0.2, 0.25) is 0 Å². The summed E-state index contributed by atoms with van der Waals surface area (Å²) in [5.74, 6) is -5.16. The minimum atomic E-state index is -1.65. The van der Waals surface area contributed by atoms with Gasteiger partial charge in [-0.05, 0) is 25.0 Å². The Hall–Kier alpha value is -1.36. The Morgan fingerprint density at radius 3 is 2.18 bits per heavy atom. The molecule has 94 valence electrons. The minimum Gasteiger partial charge on any atom is -0.319 e. The van der Waals surface area contributed by atoms with Gasteiger partial charge in [0.1, 0.15) is 0 Å². The molecule has 0 bridgehead atoms. The fourth-order valence-electron chi connectivity index (χ4n) is 1.54. The van der Waals surface area contributed by atoms with E-state index < -0.39 is 34.3 Å². The molecule has 2 nitrogen and oxygen atoms in total. The Balaban J connectivity index is 3.27. The van der Waals surface area contributed by atoms with Crippen LogP contribution in [0.25, 0.3) is 0 Å². The second kappa shape index (κ2) is 4.87. The number of ketones is 1. The molecule has 0 saturated carbocycles. The second-order valence-electron chi connectivity index (χ2n) is 3.92. The van der Waals surface area contributed by atoms with Crippen LogP contribution >= 0.6 is 0 Å². The Morgan fingerprint density at radius 1 is 1.18 bits per heavy atom. The zero-order valence-corrected chi connectivity index (χ0v) is 9.69. The summed E-state index contributed by atoms with van der Waals surface area (Å²) in [6.45, 7) is 3.36. The van der Waals surface area contributed by atoms with Gasteiger partial charge in [-0.1, -0.05) is 13.8 Å². The maximum atomic E-state index is 13.4. The fraction of sp³-hybridized carbons (Fsp3) is 0.417. The van der Waals surface area contributed by atoms with E-state index in [4.69, 9.17) is 5.73 Å². The molecule has 1 aromatic carbocycles. The van der Waals surface area contributed by atoms with Crippen LogP contribution in [0.15, 0.2) is 12.1 Å². The van der Waals surface area contributed by atoms with E-state index >= 15 is 0 Å². The highest BCUT2D eigenvalue weighted by Gasteiger charge is 2.33. The molecule has 0 aromatic heterocycles. The zero-order valence-electron chi connectivity index (χ0n) is 9.69. The van der Waals surface area contributed by atoms with Crippen LogP contribution < -0.4 is 5.73 Å². The van der Waals surface area contributed by atoms with Crippen LogP contribution in [0, 0.1) is 17.5 Å².